The summed E-state index contributed by atoms with van der Waals surface area (Å²) in [7, 11) is 3.53. The number of hydrogen-bond donors (Lipinski definition) is 2. The lowest BCUT2D eigenvalue weighted by atomic mass is 10.1. The van der Waals surface area contributed by atoms with Crippen molar-refractivity contribution >= 4 is 5.82 Å². The van der Waals surface area contributed by atoms with Gasteiger partial charge in [-0.1, -0.05) is 0 Å². The maximum atomic E-state index is 5.51. The van der Waals surface area contributed by atoms with Crippen LogP contribution in [0.1, 0.15) is 12.8 Å². The minimum atomic E-state index is 0.488. The molecule has 0 aromatic carbocycles. The van der Waals surface area contributed by atoms with Gasteiger partial charge >= 0.3 is 0 Å². The van der Waals surface area contributed by atoms with Gasteiger partial charge in [0.2, 0.25) is 5.88 Å². The SMILES string of the molecule is COc1nc(-c2ccc(NC3CCNCC3)nc2)ccc1-c1cnn(C)c1. The summed E-state index contributed by atoms with van der Waals surface area (Å²) in [5, 5.41) is 11.1. The Morgan fingerprint density at radius 2 is 1.96 bits per heavy atom. The van der Waals surface area contributed by atoms with Gasteiger partial charge in [-0.25, -0.2) is 9.97 Å². The van der Waals surface area contributed by atoms with E-state index in [-0.39, 0.29) is 0 Å². The summed E-state index contributed by atoms with van der Waals surface area (Å²) in [6.07, 6.45) is 7.86. The zero-order valence-corrected chi connectivity index (χ0v) is 15.6. The lowest BCUT2D eigenvalue weighted by molar-refractivity contribution is 0.400. The predicted molar refractivity (Wildman–Crippen MR) is 106 cm³/mol. The zero-order chi connectivity index (χ0) is 18.6. The van der Waals surface area contributed by atoms with Gasteiger partial charge in [0.05, 0.1) is 19.0 Å². The second-order valence-electron chi connectivity index (χ2n) is 6.76. The first-order chi connectivity index (χ1) is 13.2. The van der Waals surface area contributed by atoms with E-state index in [0.29, 0.717) is 11.9 Å². The number of hydrogen-bond acceptors (Lipinski definition) is 6. The van der Waals surface area contributed by atoms with E-state index in [0.717, 1.165) is 54.1 Å². The van der Waals surface area contributed by atoms with E-state index < -0.39 is 0 Å². The Bertz CT molecular complexity index is 899. The maximum absolute atomic E-state index is 5.51. The lowest BCUT2D eigenvalue weighted by Crippen LogP contribution is -2.35. The molecule has 1 saturated heterocycles. The smallest absolute Gasteiger partial charge is 0.221 e. The summed E-state index contributed by atoms with van der Waals surface area (Å²) in [4.78, 5) is 9.23. The van der Waals surface area contributed by atoms with Crippen LogP contribution in [-0.4, -0.2) is 46.0 Å². The largest absolute Gasteiger partial charge is 0.481 e. The number of nitrogens with one attached hydrogen (secondary N) is 2. The van der Waals surface area contributed by atoms with Crippen molar-refractivity contribution in [3.8, 4) is 28.3 Å². The average Bonchev–Trinajstić information content (AvgIpc) is 3.15. The highest BCUT2D eigenvalue weighted by Gasteiger charge is 2.14. The van der Waals surface area contributed by atoms with Gasteiger partial charge in [0.25, 0.3) is 0 Å². The Labute approximate surface area is 158 Å². The van der Waals surface area contributed by atoms with Gasteiger partial charge in [0, 0.05) is 42.2 Å². The number of piperidine rings is 1. The normalized spacial score (nSPS) is 14.9. The van der Waals surface area contributed by atoms with Crippen LogP contribution in [0.4, 0.5) is 5.82 Å². The fourth-order valence-corrected chi connectivity index (χ4v) is 3.34. The van der Waals surface area contributed by atoms with Crippen molar-refractivity contribution in [2.24, 2.45) is 7.05 Å². The number of aryl methyl sites for hydroxylation is 1. The van der Waals surface area contributed by atoms with Crippen LogP contribution in [0, 0.1) is 0 Å². The third-order valence-corrected chi connectivity index (χ3v) is 4.82. The number of nitrogens with zero attached hydrogens (tertiary/aromatic N) is 4. The van der Waals surface area contributed by atoms with Crippen LogP contribution in [0.3, 0.4) is 0 Å². The molecule has 0 spiro atoms. The highest BCUT2D eigenvalue weighted by Crippen LogP contribution is 2.30. The van der Waals surface area contributed by atoms with Crippen molar-refractivity contribution in [1.29, 1.82) is 0 Å². The third-order valence-electron chi connectivity index (χ3n) is 4.82. The third kappa shape index (κ3) is 3.93. The van der Waals surface area contributed by atoms with E-state index in [1.807, 2.05) is 49.9 Å². The van der Waals surface area contributed by atoms with Gasteiger partial charge in [-0.3, -0.25) is 4.68 Å². The molecule has 140 valence electrons. The summed E-state index contributed by atoms with van der Waals surface area (Å²) in [6, 6.07) is 8.55. The molecule has 0 saturated carbocycles. The first-order valence-corrected chi connectivity index (χ1v) is 9.20. The van der Waals surface area contributed by atoms with Gasteiger partial charge in [0.15, 0.2) is 0 Å². The molecule has 4 rings (SSSR count). The Morgan fingerprint density at radius 1 is 1.11 bits per heavy atom. The van der Waals surface area contributed by atoms with Crippen molar-refractivity contribution in [1.82, 2.24) is 25.1 Å². The molecule has 7 heteroatoms. The second kappa shape index (κ2) is 7.75. The van der Waals surface area contributed by atoms with Gasteiger partial charge in [0.1, 0.15) is 5.82 Å². The van der Waals surface area contributed by atoms with Crippen LogP contribution < -0.4 is 15.4 Å². The number of pyridine rings is 2. The summed E-state index contributed by atoms with van der Waals surface area (Å²) >= 11 is 0. The van der Waals surface area contributed by atoms with Gasteiger partial charge in [-0.05, 0) is 50.2 Å². The number of methoxy groups -OCH3 is 1. The topological polar surface area (TPSA) is 76.9 Å². The highest BCUT2D eigenvalue weighted by atomic mass is 16.5. The number of ether oxygens (including phenoxy) is 1. The maximum Gasteiger partial charge on any atom is 0.221 e. The number of rotatable bonds is 5. The average molecular weight is 364 g/mol. The molecule has 0 amide bonds. The molecule has 1 fully saturated rings. The van der Waals surface area contributed by atoms with Crippen molar-refractivity contribution in [2.45, 2.75) is 18.9 Å². The van der Waals surface area contributed by atoms with Crippen molar-refractivity contribution in [3.05, 3.63) is 42.9 Å². The Morgan fingerprint density at radius 3 is 2.63 bits per heavy atom. The molecule has 4 heterocycles. The summed E-state index contributed by atoms with van der Waals surface area (Å²) in [6.45, 7) is 2.12. The highest BCUT2D eigenvalue weighted by molar-refractivity contribution is 5.71. The molecule has 0 bridgehead atoms. The lowest BCUT2D eigenvalue weighted by Gasteiger charge is -2.24. The van der Waals surface area contributed by atoms with Crippen LogP contribution in [-0.2, 0) is 7.05 Å². The van der Waals surface area contributed by atoms with Crippen LogP contribution in [0.15, 0.2) is 42.9 Å². The van der Waals surface area contributed by atoms with Crippen molar-refractivity contribution < 1.29 is 4.74 Å². The van der Waals surface area contributed by atoms with Crippen LogP contribution in [0.2, 0.25) is 0 Å². The number of anilines is 1. The molecular formula is C20H24N6O. The number of aromatic nitrogens is 4. The van der Waals surface area contributed by atoms with Crippen LogP contribution >= 0.6 is 0 Å². The van der Waals surface area contributed by atoms with E-state index in [1.165, 1.54) is 0 Å². The molecule has 1 aliphatic rings. The molecule has 7 nitrogen and oxygen atoms in total. The molecule has 0 aliphatic carbocycles. The fourth-order valence-electron chi connectivity index (χ4n) is 3.34. The second-order valence-corrected chi connectivity index (χ2v) is 6.76. The molecule has 3 aromatic heterocycles. The van der Waals surface area contributed by atoms with Gasteiger partial charge in [-0.15, -0.1) is 0 Å². The first-order valence-electron chi connectivity index (χ1n) is 9.20. The molecule has 3 aromatic rings. The van der Waals surface area contributed by atoms with Gasteiger partial charge < -0.3 is 15.4 Å². The minimum absolute atomic E-state index is 0.488. The van der Waals surface area contributed by atoms with E-state index in [2.05, 4.69) is 25.7 Å². The monoisotopic (exact) mass is 364 g/mol. The molecule has 2 N–H and O–H groups in total. The standard InChI is InChI=1S/C20H24N6O/c1-26-13-15(12-23-26)17-4-5-18(25-20(17)27-2)14-3-6-19(22-11-14)24-16-7-9-21-10-8-16/h3-6,11-13,16,21H,7-10H2,1-2H3,(H,22,24). The Kier molecular flexibility index (Phi) is 5.02. The Balaban J connectivity index is 1.54. The van der Waals surface area contributed by atoms with E-state index >= 15 is 0 Å². The first kappa shape index (κ1) is 17.5. The quantitative estimate of drug-likeness (QED) is 0.725. The fraction of sp³-hybridized carbons (Fsp3) is 0.350. The summed E-state index contributed by atoms with van der Waals surface area (Å²) in [5.74, 6) is 1.49. The van der Waals surface area contributed by atoms with E-state index in [9.17, 15) is 0 Å². The van der Waals surface area contributed by atoms with Crippen molar-refractivity contribution in [3.63, 3.8) is 0 Å². The summed E-state index contributed by atoms with van der Waals surface area (Å²) in [5.41, 5.74) is 3.70. The molecule has 1 aliphatic heterocycles. The minimum Gasteiger partial charge on any atom is -0.481 e. The Hall–Kier alpha value is -2.93. The predicted octanol–water partition coefficient (Wildman–Crippen LogP) is 2.72. The molecule has 0 atom stereocenters. The van der Waals surface area contributed by atoms with E-state index in [1.54, 1.807) is 11.8 Å². The molecule has 0 radical (unpaired) electrons. The molecular weight excluding hydrogens is 340 g/mol. The zero-order valence-electron chi connectivity index (χ0n) is 15.6. The molecule has 27 heavy (non-hydrogen) atoms. The van der Waals surface area contributed by atoms with Crippen LogP contribution in [0.25, 0.3) is 22.4 Å². The summed E-state index contributed by atoms with van der Waals surface area (Å²) < 4.78 is 7.27. The molecule has 0 unspecified atom stereocenters. The van der Waals surface area contributed by atoms with Gasteiger partial charge in [-0.2, -0.15) is 5.10 Å². The van der Waals surface area contributed by atoms with E-state index in [4.69, 9.17) is 4.74 Å². The van der Waals surface area contributed by atoms with Crippen molar-refractivity contribution in [2.75, 3.05) is 25.5 Å². The van der Waals surface area contributed by atoms with Crippen LogP contribution in [0.5, 0.6) is 5.88 Å².